The summed E-state index contributed by atoms with van der Waals surface area (Å²) in [6, 6.07) is 0. The van der Waals surface area contributed by atoms with Crippen LogP contribution in [0.3, 0.4) is 0 Å². The van der Waals surface area contributed by atoms with Crippen LogP contribution in [0.15, 0.2) is 19.9 Å². The van der Waals surface area contributed by atoms with Crippen LogP contribution in [0.2, 0.25) is 0 Å². The quantitative estimate of drug-likeness (QED) is 0.412. The molecule has 0 spiro atoms. The predicted molar refractivity (Wildman–Crippen MR) is 38.9 cm³/mol. The normalized spacial score (nSPS) is 8.00. The van der Waals surface area contributed by atoms with E-state index in [9.17, 15) is 9.59 Å². The van der Waals surface area contributed by atoms with Crippen LogP contribution in [0.25, 0.3) is 0 Å². The van der Waals surface area contributed by atoms with Gasteiger partial charge in [-0.15, -0.1) is 0 Å². The van der Waals surface area contributed by atoms with Gasteiger partial charge in [-0.1, -0.05) is 0 Å². The zero-order valence-electron chi connectivity index (χ0n) is 5.27. The Morgan fingerprint density at radius 3 is 1.91 bits per heavy atom. The number of aliphatic imine (C=N–C) groups is 2. The molecule has 1 aromatic heterocycles. The average Bonchev–Trinajstić information content (AvgIpc) is 2.39. The Bertz CT molecular complexity index is 313. The molecular formula is C6H2N2O2Se. The number of nitrogens with zero attached hydrogens (tertiary/aromatic N) is 2. The monoisotopic (exact) mass is 214 g/mol. The zero-order chi connectivity index (χ0) is 8.10. The molecule has 5 heteroatoms. The first-order valence-corrected chi connectivity index (χ1v) is 4.58. The molecule has 0 aliphatic carbocycles. The van der Waals surface area contributed by atoms with Crippen molar-refractivity contribution in [3.63, 3.8) is 0 Å². The zero-order valence-corrected chi connectivity index (χ0v) is 6.99. The first-order chi connectivity index (χ1) is 5.38. The fourth-order valence-corrected chi connectivity index (χ4v) is 1.96. The first kappa shape index (κ1) is 7.86. The summed E-state index contributed by atoms with van der Waals surface area (Å²) in [6.07, 6.45) is 2.77. The summed E-state index contributed by atoms with van der Waals surface area (Å²) < 4.78 is 0. The molecule has 0 aliphatic heterocycles. The third-order valence-electron chi connectivity index (χ3n) is 0.954. The Hall–Kier alpha value is -1.24. The number of hydrogen-bond acceptors (Lipinski definition) is 4. The van der Waals surface area contributed by atoms with Crippen molar-refractivity contribution in [2.75, 3.05) is 0 Å². The van der Waals surface area contributed by atoms with E-state index in [0.29, 0.717) is 11.4 Å². The van der Waals surface area contributed by atoms with Gasteiger partial charge in [0, 0.05) is 0 Å². The van der Waals surface area contributed by atoms with Crippen molar-refractivity contribution in [2.24, 2.45) is 9.98 Å². The first-order valence-electron chi connectivity index (χ1n) is 2.60. The standard InChI is InChI=1S/C6H2N2O2Se/c9-3-7-5-1-11-2-6(5)8-4-10/h1-2H. The minimum atomic E-state index is 0.144. The molecule has 0 saturated heterocycles. The molecule has 0 unspecified atom stereocenters. The van der Waals surface area contributed by atoms with Crippen LogP contribution in [-0.2, 0) is 9.59 Å². The second kappa shape index (κ2) is 3.81. The van der Waals surface area contributed by atoms with E-state index in [1.807, 2.05) is 0 Å². The topological polar surface area (TPSA) is 58.9 Å². The molecule has 0 atom stereocenters. The second-order valence-corrected chi connectivity index (χ2v) is 3.11. The van der Waals surface area contributed by atoms with Crippen molar-refractivity contribution in [2.45, 2.75) is 0 Å². The van der Waals surface area contributed by atoms with Gasteiger partial charge in [0.2, 0.25) is 0 Å². The van der Waals surface area contributed by atoms with Crippen molar-refractivity contribution in [3.05, 3.63) is 9.88 Å². The number of isocyanates is 2. The Morgan fingerprint density at radius 2 is 1.55 bits per heavy atom. The molecule has 4 nitrogen and oxygen atoms in total. The summed E-state index contributed by atoms with van der Waals surface area (Å²) in [4.78, 5) is 29.8. The summed E-state index contributed by atoms with van der Waals surface area (Å²) in [5.41, 5.74) is 0.840. The minimum absolute atomic E-state index is 0.144. The fraction of sp³-hybridized carbons (Fsp3) is 0. The van der Waals surface area contributed by atoms with Crippen LogP contribution in [0.4, 0.5) is 11.4 Å². The maximum atomic E-state index is 9.82. The third-order valence-corrected chi connectivity index (χ3v) is 2.46. The van der Waals surface area contributed by atoms with E-state index in [2.05, 4.69) is 9.98 Å². The Balaban J connectivity index is 3.14. The van der Waals surface area contributed by atoms with Crippen molar-refractivity contribution in [3.8, 4) is 0 Å². The number of rotatable bonds is 2. The molecule has 0 amide bonds. The van der Waals surface area contributed by atoms with Crippen LogP contribution < -0.4 is 0 Å². The summed E-state index contributed by atoms with van der Waals surface area (Å²) >= 11 is 0.144. The van der Waals surface area contributed by atoms with Crippen molar-refractivity contribution in [1.29, 1.82) is 0 Å². The van der Waals surface area contributed by atoms with Crippen LogP contribution >= 0.6 is 0 Å². The maximum absolute atomic E-state index is 9.82. The van der Waals surface area contributed by atoms with Gasteiger partial charge in [0.1, 0.15) is 0 Å². The van der Waals surface area contributed by atoms with Crippen LogP contribution in [0.1, 0.15) is 0 Å². The van der Waals surface area contributed by atoms with Crippen LogP contribution in [0.5, 0.6) is 0 Å². The van der Waals surface area contributed by atoms with Crippen molar-refractivity contribution >= 4 is 38.0 Å². The molecule has 0 N–H and O–H groups in total. The Labute approximate surface area is 68.0 Å². The molecule has 0 fully saturated rings. The van der Waals surface area contributed by atoms with E-state index in [-0.39, 0.29) is 14.5 Å². The second-order valence-electron chi connectivity index (χ2n) is 1.55. The SMILES string of the molecule is O=C=Nc1c[se]cc1N=C=O. The van der Waals surface area contributed by atoms with Crippen LogP contribution in [-0.4, -0.2) is 26.7 Å². The summed E-state index contributed by atoms with van der Waals surface area (Å²) in [6.45, 7) is 0. The number of carbonyl (C=O) groups excluding carboxylic acids is 2. The molecule has 0 radical (unpaired) electrons. The predicted octanol–water partition coefficient (Wildman–Crippen LogP) is 0.678. The van der Waals surface area contributed by atoms with Crippen LogP contribution in [0, 0.1) is 0 Å². The van der Waals surface area contributed by atoms with Gasteiger partial charge >= 0.3 is 67.5 Å². The Morgan fingerprint density at radius 1 is 1.09 bits per heavy atom. The van der Waals surface area contributed by atoms with Gasteiger partial charge in [-0.05, 0) is 0 Å². The van der Waals surface area contributed by atoms with E-state index < -0.39 is 0 Å². The molecular weight excluding hydrogens is 211 g/mol. The molecule has 0 aromatic carbocycles. The van der Waals surface area contributed by atoms with Gasteiger partial charge in [-0.25, -0.2) is 0 Å². The average molecular weight is 213 g/mol. The molecule has 1 heterocycles. The summed E-state index contributed by atoms with van der Waals surface area (Å²) in [5, 5.41) is 0. The van der Waals surface area contributed by atoms with E-state index in [0.717, 1.165) is 0 Å². The molecule has 1 aromatic rings. The van der Waals surface area contributed by atoms with E-state index in [1.165, 1.54) is 12.2 Å². The molecule has 54 valence electrons. The molecule has 0 saturated carbocycles. The van der Waals surface area contributed by atoms with Gasteiger partial charge < -0.3 is 0 Å². The van der Waals surface area contributed by atoms with E-state index >= 15 is 0 Å². The van der Waals surface area contributed by atoms with E-state index in [4.69, 9.17) is 0 Å². The molecule has 11 heavy (non-hydrogen) atoms. The third kappa shape index (κ3) is 1.84. The van der Waals surface area contributed by atoms with Gasteiger partial charge in [-0.3, -0.25) is 0 Å². The molecule has 0 aliphatic rings. The van der Waals surface area contributed by atoms with Gasteiger partial charge in [-0.2, -0.15) is 0 Å². The van der Waals surface area contributed by atoms with E-state index in [1.54, 1.807) is 9.88 Å². The van der Waals surface area contributed by atoms with Gasteiger partial charge in [0.15, 0.2) is 0 Å². The van der Waals surface area contributed by atoms with Gasteiger partial charge in [0.25, 0.3) is 0 Å². The summed E-state index contributed by atoms with van der Waals surface area (Å²) in [5.74, 6) is 0. The fourth-order valence-electron chi connectivity index (χ4n) is 0.549. The van der Waals surface area contributed by atoms with Gasteiger partial charge in [0.05, 0.1) is 0 Å². The van der Waals surface area contributed by atoms with Crippen molar-refractivity contribution in [1.82, 2.24) is 0 Å². The Kier molecular flexibility index (Phi) is 2.73. The summed E-state index contributed by atoms with van der Waals surface area (Å²) in [7, 11) is 0. The number of hydrogen-bond donors (Lipinski definition) is 0. The molecule has 0 bridgehead atoms. The molecule has 1 rings (SSSR count). The van der Waals surface area contributed by atoms with Crippen molar-refractivity contribution < 1.29 is 9.59 Å².